The molecule has 1 aromatic carbocycles. The largest absolute Gasteiger partial charge is 0.465 e. The summed E-state index contributed by atoms with van der Waals surface area (Å²) < 4.78 is 31.3. The minimum Gasteiger partial charge on any atom is -0.465 e. The van der Waals surface area contributed by atoms with Gasteiger partial charge >= 0.3 is 5.97 Å². The number of ketones is 1. The third kappa shape index (κ3) is 5.49. The van der Waals surface area contributed by atoms with E-state index in [2.05, 4.69) is 4.72 Å². The average molecular weight is 392 g/mol. The van der Waals surface area contributed by atoms with Crippen LogP contribution in [0.25, 0.3) is 0 Å². The van der Waals surface area contributed by atoms with Crippen LogP contribution in [0.5, 0.6) is 0 Å². The van der Waals surface area contributed by atoms with Gasteiger partial charge in [-0.3, -0.25) is 9.59 Å². The number of hydrogen-bond acceptors (Lipinski definition) is 7. The number of hydrogen-bond donors (Lipinski definition) is 1. The lowest BCUT2D eigenvalue weighted by atomic mass is 10.2. The quantitative estimate of drug-likeness (QED) is 0.397. The summed E-state index contributed by atoms with van der Waals surface area (Å²) in [5.74, 6) is -0.781. The molecule has 0 atom stereocenters. The smallest absolute Gasteiger partial charge is 0.321 e. The highest BCUT2D eigenvalue weighted by atomic mass is 32.2. The van der Waals surface area contributed by atoms with Gasteiger partial charge in [-0.2, -0.15) is 9.98 Å². The molecule has 0 aliphatic heterocycles. The van der Waals surface area contributed by atoms with Crippen molar-refractivity contribution >= 4 is 33.1 Å². The van der Waals surface area contributed by atoms with Gasteiger partial charge in [0.15, 0.2) is 5.78 Å². The Morgan fingerprint density at radius 2 is 1.96 bits per heavy atom. The topological polar surface area (TPSA) is 113 Å². The Kier molecular flexibility index (Phi) is 7.03. The normalized spacial score (nSPS) is 10.9. The van der Waals surface area contributed by atoms with E-state index in [4.69, 9.17) is 10.00 Å². The molecule has 0 unspecified atom stereocenters. The number of ether oxygens (including phenoxy) is 1. The Bertz CT molecular complexity index is 915. The first-order valence-corrected chi connectivity index (χ1v) is 10.0. The van der Waals surface area contributed by atoms with Crippen molar-refractivity contribution < 1.29 is 22.7 Å². The van der Waals surface area contributed by atoms with Gasteiger partial charge in [0.25, 0.3) is 0 Å². The summed E-state index contributed by atoms with van der Waals surface area (Å²) in [6.07, 6.45) is 0.599. The second kappa shape index (κ2) is 9.24. The average Bonchev–Trinajstić information content (AvgIpc) is 3.18. The van der Waals surface area contributed by atoms with Gasteiger partial charge in [0.2, 0.25) is 10.0 Å². The summed E-state index contributed by atoms with van der Waals surface area (Å²) in [6.45, 7) is -0.534. The summed E-state index contributed by atoms with van der Waals surface area (Å²) in [5.41, 5.74) is -0.0135. The van der Waals surface area contributed by atoms with Crippen LogP contribution in [-0.2, 0) is 19.6 Å². The van der Waals surface area contributed by atoms with Crippen LogP contribution in [0.3, 0.4) is 0 Å². The Morgan fingerprint density at radius 3 is 2.65 bits per heavy atom. The van der Waals surface area contributed by atoms with Gasteiger partial charge in [-0.1, -0.05) is 18.2 Å². The van der Waals surface area contributed by atoms with E-state index in [0.29, 0.717) is 11.3 Å². The van der Waals surface area contributed by atoms with E-state index >= 15 is 0 Å². The van der Waals surface area contributed by atoms with Crippen LogP contribution in [-0.4, -0.2) is 33.3 Å². The number of nitriles is 1. The first-order valence-electron chi connectivity index (χ1n) is 7.65. The molecule has 0 spiro atoms. The van der Waals surface area contributed by atoms with E-state index in [1.165, 1.54) is 29.5 Å². The highest BCUT2D eigenvalue weighted by molar-refractivity contribution is 7.89. The van der Waals surface area contributed by atoms with Gasteiger partial charge in [0, 0.05) is 6.42 Å². The van der Waals surface area contributed by atoms with Crippen LogP contribution in [0.15, 0.2) is 46.7 Å². The maximum atomic E-state index is 12.2. The summed E-state index contributed by atoms with van der Waals surface area (Å²) in [5, 5.41) is 10.8. The molecule has 0 aliphatic rings. The second-order valence-corrected chi connectivity index (χ2v) is 7.84. The Hall–Kier alpha value is -2.54. The van der Waals surface area contributed by atoms with Crippen molar-refractivity contribution in [2.24, 2.45) is 0 Å². The van der Waals surface area contributed by atoms with Crippen LogP contribution < -0.4 is 4.72 Å². The minimum absolute atomic E-state index is 0.0135. The molecule has 0 saturated carbocycles. The predicted molar refractivity (Wildman–Crippen MR) is 95.2 cm³/mol. The van der Waals surface area contributed by atoms with Gasteiger partial charge in [0.1, 0.15) is 12.6 Å². The number of carbonyl (C=O) groups excluding carboxylic acids is 2. The zero-order valence-corrected chi connectivity index (χ0v) is 15.3. The SMILES string of the molecule is N#Cc1ccccc1S(=O)(=O)NCC(=O)OCCCC(=O)c1cccs1. The number of Topliss-reactive ketones (excluding diaryl/α,β-unsaturated/α-hetero) is 1. The van der Waals surface area contributed by atoms with Crippen molar-refractivity contribution in [3.63, 3.8) is 0 Å². The number of esters is 1. The maximum absolute atomic E-state index is 12.2. The molecule has 0 radical (unpaired) electrons. The third-order valence-corrected chi connectivity index (χ3v) is 5.68. The molecule has 2 rings (SSSR count). The summed E-state index contributed by atoms with van der Waals surface area (Å²) in [6, 6.07) is 11.0. The van der Waals surface area contributed by atoms with Gasteiger partial charge in [-0.05, 0) is 30.0 Å². The molecule has 1 heterocycles. The molecule has 0 bridgehead atoms. The molecule has 7 nitrogen and oxygen atoms in total. The summed E-state index contributed by atoms with van der Waals surface area (Å²) in [7, 11) is -4.00. The molecule has 9 heteroatoms. The van der Waals surface area contributed by atoms with Crippen LogP contribution in [0.4, 0.5) is 0 Å². The first-order chi connectivity index (χ1) is 12.4. The molecule has 0 aliphatic carbocycles. The third-order valence-electron chi connectivity index (χ3n) is 3.31. The van der Waals surface area contributed by atoms with Crippen molar-refractivity contribution in [3.05, 3.63) is 52.2 Å². The van der Waals surface area contributed by atoms with E-state index in [-0.39, 0.29) is 29.3 Å². The molecule has 1 N–H and O–H groups in total. The Balaban J connectivity index is 1.76. The predicted octanol–water partition coefficient (Wildman–Crippen LogP) is 2.10. The lowest BCUT2D eigenvalue weighted by molar-refractivity contribution is -0.142. The van der Waals surface area contributed by atoms with Crippen LogP contribution >= 0.6 is 11.3 Å². The Morgan fingerprint density at radius 1 is 1.19 bits per heavy atom. The van der Waals surface area contributed by atoms with E-state index in [1.54, 1.807) is 24.3 Å². The lowest BCUT2D eigenvalue weighted by Crippen LogP contribution is -2.31. The molecule has 2 aromatic rings. The van der Waals surface area contributed by atoms with Crippen molar-refractivity contribution in [2.45, 2.75) is 17.7 Å². The van der Waals surface area contributed by atoms with E-state index < -0.39 is 22.5 Å². The summed E-state index contributed by atoms with van der Waals surface area (Å²) in [4.78, 5) is 23.9. The van der Waals surface area contributed by atoms with Gasteiger partial charge in [-0.25, -0.2) is 8.42 Å². The second-order valence-electron chi connectivity index (χ2n) is 5.16. The molecular formula is C17H16N2O5S2. The van der Waals surface area contributed by atoms with Crippen LogP contribution in [0.1, 0.15) is 28.1 Å². The molecule has 0 amide bonds. The number of thiophene rings is 1. The number of nitrogens with one attached hydrogen (secondary N) is 1. The van der Waals surface area contributed by atoms with Crippen molar-refractivity contribution in [1.82, 2.24) is 4.72 Å². The van der Waals surface area contributed by atoms with Crippen molar-refractivity contribution in [1.29, 1.82) is 5.26 Å². The van der Waals surface area contributed by atoms with Gasteiger partial charge in [-0.15, -0.1) is 11.3 Å². The van der Waals surface area contributed by atoms with E-state index in [0.717, 1.165) is 0 Å². The Labute approximate surface area is 155 Å². The van der Waals surface area contributed by atoms with Crippen LogP contribution in [0.2, 0.25) is 0 Å². The zero-order chi connectivity index (χ0) is 19.0. The number of sulfonamides is 1. The fourth-order valence-corrected chi connectivity index (χ4v) is 3.87. The van der Waals surface area contributed by atoms with Crippen LogP contribution in [0, 0.1) is 11.3 Å². The minimum atomic E-state index is -4.00. The highest BCUT2D eigenvalue weighted by Gasteiger charge is 2.19. The van der Waals surface area contributed by atoms with Crippen molar-refractivity contribution in [3.8, 4) is 6.07 Å². The number of carbonyl (C=O) groups is 2. The lowest BCUT2D eigenvalue weighted by Gasteiger charge is -2.08. The van der Waals surface area contributed by atoms with E-state index in [1.807, 2.05) is 5.38 Å². The standard InChI is InChI=1S/C17H16N2O5S2/c18-11-13-5-1-2-8-16(13)26(22,23)19-12-17(21)24-9-3-6-14(20)15-7-4-10-25-15/h1-2,4-5,7-8,10,19H,3,6,9,12H2. The number of rotatable bonds is 9. The number of nitrogens with zero attached hydrogens (tertiary/aromatic N) is 1. The van der Waals surface area contributed by atoms with Gasteiger partial charge in [0.05, 0.1) is 21.9 Å². The molecule has 136 valence electrons. The maximum Gasteiger partial charge on any atom is 0.321 e. The van der Waals surface area contributed by atoms with Gasteiger partial charge < -0.3 is 4.74 Å². The number of benzene rings is 1. The monoisotopic (exact) mass is 392 g/mol. The molecular weight excluding hydrogens is 376 g/mol. The fourth-order valence-electron chi connectivity index (χ4n) is 2.06. The summed E-state index contributed by atoms with van der Waals surface area (Å²) >= 11 is 1.35. The van der Waals surface area contributed by atoms with Crippen molar-refractivity contribution in [2.75, 3.05) is 13.2 Å². The molecule has 26 heavy (non-hydrogen) atoms. The van der Waals surface area contributed by atoms with E-state index in [9.17, 15) is 18.0 Å². The fraction of sp³-hybridized carbons (Fsp3) is 0.235. The molecule has 0 saturated heterocycles. The molecule has 1 aromatic heterocycles. The highest BCUT2D eigenvalue weighted by Crippen LogP contribution is 2.14. The first kappa shape index (κ1) is 19.8. The zero-order valence-electron chi connectivity index (χ0n) is 13.7. The molecule has 0 fully saturated rings.